The molecule has 0 heterocycles. The van der Waals surface area contributed by atoms with Gasteiger partial charge in [-0.15, -0.1) is 0 Å². The zero-order valence-corrected chi connectivity index (χ0v) is 13.3. The lowest BCUT2D eigenvalue weighted by molar-refractivity contribution is 0.0159. The normalized spacial score (nSPS) is 11.4. The average Bonchev–Trinajstić information content (AvgIpc) is 2.46. The van der Waals surface area contributed by atoms with Crippen molar-refractivity contribution in [3.63, 3.8) is 0 Å². The van der Waals surface area contributed by atoms with Crippen molar-refractivity contribution in [3.05, 3.63) is 23.8 Å². The fourth-order valence-electron chi connectivity index (χ4n) is 1.89. The maximum atomic E-state index is 5.39. The van der Waals surface area contributed by atoms with Crippen LogP contribution in [0.15, 0.2) is 18.2 Å². The SMILES string of the molecule is COc1ccc(CCNCCC(C)(C)OC)cc1OC. The molecule has 0 saturated carbocycles. The minimum Gasteiger partial charge on any atom is -0.493 e. The summed E-state index contributed by atoms with van der Waals surface area (Å²) in [6, 6.07) is 6.05. The molecule has 0 aromatic heterocycles. The van der Waals surface area contributed by atoms with E-state index in [1.165, 1.54) is 5.56 Å². The van der Waals surface area contributed by atoms with Gasteiger partial charge < -0.3 is 19.5 Å². The van der Waals surface area contributed by atoms with Crippen molar-refractivity contribution in [3.8, 4) is 11.5 Å². The van der Waals surface area contributed by atoms with Crippen molar-refractivity contribution in [1.82, 2.24) is 5.32 Å². The Morgan fingerprint density at radius 3 is 2.30 bits per heavy atom. The van der Waals surface area contributed by atoms with E-state index in [0.717, 1.165) is 37.4 Å². The van der Waals surface area contributed by atoms with Crippen LogP contribution < -0.4 is 14.8 Å². The molecule has 4 heteroatoms. The molecule has 1 aromatic rings. The van der Waals surface area contributed by atoms with Gasteiger partial charge in [-0.1, -0.05) is 6.07 Å². The predicted molar refractivity (Wildman–Crippen MR) is 81.8 cm³/mol. The molecule has 4 nitrogen and oxygen atoms in total. The highest BCUT2D eigenvalue weighted by atomic mass is 16.5. The number of hydrogen-bond acceptors (Lipinski definition) is 4. The van der Waals surface area contributed by atoms with Gasteiger partial charge in [0.1, 0.15) is 0 Å². The Labute approximate surface area is 122 Å². The maximum absolute atomic E-state index is 5.39. The Bertz CT molecular complexity index is 405. The Morgan fingerprint density at radius 1 is 1.00 bits per heavy atom. The quantitative estimate of drug-likeness (QED) is 0.706. The second-order valence-corrected chi connectivity index (χ2v) is 5.40. The number of hydrogen-bond donors (Lipinski definition) is 1. The number of rotatable bonds is 9. The average molecular weight is 281 g/mol. The van der Waals surface area contributed by atoms with E-state index in [2.05, 4.69) is 25.2 Å². The summed E-state index contributed by atoms with van der Waals surface area (Å²) in [6.07, 6.45) is 1.96. The van der Waals surface area contributed by atoms with E-state index in [0.29, 0.717) is 0 Å². The molecule has 0 aliphatic rings. The second kappa shape index (κ2) is 8.12. The highest BCUT2D eigenvalue weighted by molar-refractivity contribution is 5.42. The van der Waals surface area contributed by atoms with Crippen LogP contribution in [-0.4, -0.2) is 40.0 Å². The number of methoxy groups -OCH3 is 3. The molecular weight excluding hydrogens is 254 g/mol. The van der Waals surface area contributed by atoms with E-state index in [4.69, 9.17) is 14.2 Å². The van der Waals surface area contributed by atoms with Crippen LogP contribution in [0.3, 0.4) is 0 Å². The lowest BCUT2D eigenvalue weighted by atomic mass is 10.1. The van der Waals surface area contributed by atoms with Gasteiger partial charge in [0.25, 0.3) is 0 Å². The first-order valence-corrected chi connectivity index (χ1v) is 6.99. The molecule has 114 valence electrons. The lowest BCUT2D eigenvalue weighted by Crippen LogP contribution is -2.29. The summed E-state index contributed by atoms with van der Waals surface area (Å²) in [5.74, 6) is 1.55. The number of benzene rings is 1. The van der Waals surface area contributed by atoms with Crippen molar-refractivity contribution in [1.29, 1.82) is 0 Å². The van der Waals surface area contributed by atoms with Gasteiger partial charge in [0.2, 0.25) is 0 Å². The summed E-state index contributed by atoms with van der Waals surface area (Å²) in [4.78, 5) is 0. The third kappa shape index (κ3) is 5.39. The number of ether oxygens (including phenoxy) is 3. The Hall–Kier alpha value is -1.26. The third-order valence-electron chi connectivity index (χ3n) is 3.49. The minimum absolute atomic E-state index is 0.0592. The Kier molecular flexibility index (Phi) is 6.82. The zero-order chi connectivity index (χ0) is 15.0. The molecule has 0 aliphatic carbocycles. The van der Waals surface area contributed by atoms with Crippen LogP contribution in [0.4, 0.5) is 0 Å². The molecule has 1 rings (SSSR count). The highest BCUT2D eigenvalue weighted by Gasteiger charge is 2.14. The fraction of sp³-hybridized carbons (Fsp3) is 0.625. The molecule has 20 heavy (non-hydrogen) atoms. The maximum Gasteiger partial charge on any atom is 0.160 e. The van der Waals surface area contributed by atoms with Crippen molar-refractivity contribution in [2.75, 3.05) is 34.4 Å². The fourth-order valence-corrected chi connectivity index (χ4v) is 1.89. The largest absolute Gasteiger partial charge is 0.493 e. The van der Waals surface area contributed by atoms with Crippen molar-refractivity contribution in [2.24, 2.45) is 0 Å². The first-order valence-electron chi connectivity index (χ1n) is 6.99. The molecule has 0 unspecified atom stereocenters. The summed E-state index contributed by atoms with van der Waals surface area (Å²) in [5.41, 5.74) is 1.18. The van der Waals surface area contributed by atoms with Gasteiger partial charge in [-0.05, 0) is 57.5 Å². The summed E-state index contributed by atoms with van der Waals surface area (Å²) in [6.45, 7) is 6.09. The molecule has 0 atom stereocenters. The van der Waals surface area contributed by atoms with Crippen LogP contribution in [0.5, 0.6) is 11.5 Å². The molecule has 1 N–H and O–H groups in total. The zero-order valence-electron chi connectivity index (χ0n) is 13.3. The van der Waals surface area contributed by atoms with Crippen molar-refractivity contribution >= 4 is 0 Å². The topological polar surface area (TPSA) is 39.7 Å². The highest BCUT2D eigenvalue weighted by Crippen LogP contribution is 2.27. The molecule has 0 aliphatic heterocycles. The molecule has 0 amide bonds. The summed E-state index contributed by atoms with van der Waals surface area (Å²) < 4.78 is 15.9. The predicted octanol–water partition coefficient (Wildman–Crippen LogP) is 2.65. The first-order chi connectivity index (χ1) is 9.52. The van der Waals surface area contributed by atoms with Gasteiger partial charge in [-0.2, -0.15) is 0 Å². The lowest BCUT2D eigenvalue weighted by Gasteiger charge is -2.22. The molecule has 0 bridgehead atoms. The summed E-state index contributed by atoms with van der Waals surface area (Å²) >= 11 is 0. The third-order valence-corrected chi connectivity index (χ3v) is 3.49. The Morgan fingerprint density at radius 2 is 1.70 bits per heavy atom. The van der Waals surface area contributed by atoms with Gasteiger partial charge in [0.15, 0.2) is 11.5 Å². The summed E-state index contributed by atoms with van der Waals surface area (Å²) in [5, 5.41) is 3.44. The van der Waals surface area contributed by atoms with Crippen LogP contribution >= 0.6 is 0 Å². The molecule has 0 saturated heterocycles. The smallest absolute Gasteiger partial charge is 0.160 e. The van der Waals surface area contributed by atoms with E-state index in [1.807, 2.05) is 12.1 Å². The van der Waals surface area contributed by atoms with Crippen molar-refractivity contribution < 1.29 is 14.2 Å². The van der Waals surface area contributed by atoms with E-state index >= 15 is 0 Å². The summed E-state index contributed by atoms with van der Waals surface area (Å²) in [7, 11) is 5.06. The minimum atomic E-state index is -0.0592. The molecular formula is C16H27NO3. The van der Waals surface area contributed by atoms with Gasteiger partial charge >= 0.3 is 0 Å². The number of nitrogens with one attached hydrogen (secondary N) is 1. The van der Waals surface area contributed by atoms with Gasteiger partial charge in [0, 0.05) is 7.11 Å². The molecule has 0 fully saturated rings. The van der Waals surface area contributed by atoms with E-state index in [-0.39, 0.29) is 5.60 Å². The van der Waals surface area contributed by atoms with Crippen molar-refractivity contribution in [2.45, 2.75) is 32.3 Å². The molecule has 1 aromatic carbocycles. The van der Waals surface area contributed by atoms with Crippen LogP contribution in [0, 0.1) is 0 Å². The molecule has 0 spiro atoms. The first kappa shape index (κ1) is 16.8. The standard InChI is InChI=1S/C16H27NO3/c1-16(2,20-5)9-11-17-10-8-13-6-7-14(18-3)15(12-13)19-4/h6-7,12,17H,8-11H2,1-5H3. The van der Waals surface area contributed by atoms with Gasteiger partial charge in [-0.3, -0.25) is 0 Å². The van der Waals surface area contributed by atoms with Crippen LogP contribution in [0.25, 0.3) is 0 Å². The monoisotopic (exact) mass is 281 g/mol. The van der Waals surface area contributed by atoms with Gasteiger partial charge in [-0.25, -0.2) is 0 Å². The van der Waals surface area contributed by atoms with E-state index in [9.17, 15) is 0 Å². The van der Waals surface area contributed by atoms with Crippen LogP contribution in [-0.2, 0) is 11.2 Å². The van der Waals surface area contributed by atoms with E-state index < -0.39 is 0 Å². The second-order valence-electron chi connectivity index (χ2n) is 5.40. The van der Waals surface area contributed by atoms with Crippen LogP contribution in [0.1, 0.15) is 25.8 Å². The molecule has 0 radical (unpaired) electrons. The van der Waals surface area contributed by atoms with Gasteiger partial charge in [0.05, 0.1) is 19.8 Å². The Balaban J connectivity index is 2.35. The van der Waals surface area contributed by atoms with E-state index in [1.54, 1.807) is 21.3 Å². The van der Waals surface area contributed by atoms with Crippen LogP contribution in [0.2, 0.25) is 0 Å².